The van der Waals surface area contributed by atoms with E-state index in [0.717, 1.165) is 18.8 Å². The van der Waals surface area contributed by atoms with E-state index < -0.39 is 0 Å². The number of aryl methyl sites for hydroxylation is 1. The maximum absolute atomic E-state index is 2.40. The van der Waals surface area contributed by atoms with E-state index >= 15 is 0 Å². The molecule has 0 amide bonds. The minimum Gasteiger partial charge on any atom is -0.0836 e. The van der Waals surface area contributed by atoms with Crippen molar-refractivity contribution < 1.29 is 0 Å². The summed E-state index contributed by atoms with van der Waals surface area (Å²) in [5, 5.41) is 0. The number of benzene rings is 2. The van der Waals surface area contributed by atoms with Gasteiger partial charge in [-0.15, -0.1) is 0 Å². The van der Waals surface area contributed by atoms with Crippen LogP contribution >= 0.6 is 0 Å². The van der Waals surface area contributed by atoms with Crippen LogP contribution < -0.4 is 0 Å². The molecule has 0 heterocycles. The zero-order chi connectivity index (χ0) is 22.0. The highest BCUT2D eigenvalue weighted by Crippen LogP contribution is 2.41. The van der Waals surface area contributed by atoms with Crippen LogP contribution in [0.2, 0.25) is 0 Å². The van der Waals surface area contributed by atoms with E-state index in [1.54, 1.807) is 11.1 Å². The second-order valence-electron chi connectivity index (χ2n) is 10.0. The second-order valence-corrected chi connectivity index (χ2v) is 10.0. The minimum atomic E-state index is 0.424. The summed E-state index contributed by atoms with van der Waals surface area (Å²) in [4.78, 5) is 0. The number of hydrogen-bond acceptors (Lipinski definition) is 0. The lowest BCUT2D eigenvalue weighted by Gasteiger charge is -2.26. The molecule has 4 aliphatic carbocycles. The van der Waals surface area contributed by atoms with E-state index in [2.05, 4.69) is 97.1 Å². The van der Waals surface area contributed by atoms with Crippen LogP contribution in [0.15, 0.2) is 119 Å². The third-order valence-electron chi connectivity index (χ3n) is 7.80. The first kappa shape index (κ1) is 20.5. The van der Waals surface area contributed by atoms with E-state index in [-0.39, 0.29) is 0 Å². The van der Waals surface area contributed by atoms with E-state index in [0.29, 0.717) is 5.92 Å². The lowest BCUT2D eigenvalue weighted by Crippen LogP contribution is -2.16. The Kier molecular flexibility index (Phi) is 5.60. The highest BCUT2D eigenvalue weighted by atomic mass is 14.3. The minimum absolute atomic E-state index is 0.424. The molecule has 0 spiro atoms. The summed E-state index contributed by atoms with van der Waals surface area (Å²) in [6.45, 7) is 0. The van der Waals surface area contributed by atoms with Crippen LogP contribution in [0.3, 0.4) is 0 Å². The average molecular weight is 429 g/mol. The lowest BCUT2D eigenvalue weighted by atomic mass is 9.78. The van der Waals surface area contributed by atoms with Gasteiger partial charge in [0, 0.05) is 5.92 Å². The van der Waals surface area contributed by atoms with Crippen LogP contribution in [0.25, 0.3) is 0 Å². The van der Waals surface area contributed by atoms with Gasteiger partial charge in [0.15, 0.2) is 0 Å². The third kappa shape index (κ3) is 4.27. The van der Waals surface area contributed by atoms with Gasteiger partial charge in [-0.25, -0.2) is 0 Å². The quantitative estimate of drug-likeness (QED) is 0.455. The molecule has 33 heavy (non-hydrogen) atoms. The van der Waals surface area contributed by atoms with Gasteiger partial charge in [0.05, 0.1) is 0 Å². The van der Waals surface area contributed by atoms with Gasteiger partial charge in [0.1, 0.15) is 0 Å². The molecule has 0 N–H and O–H groups in total. The summed E-state index contributed by atoms with van der Waals surface area (Å²) in [5.74, 6) is 1.20. The Hall–Kier alpha value is -3.12. The van der Waals surface area contributed by atoms with E-state index in [1.807, 2.05) is 0 Å². The summed E-state index contributed by atoms with van der Waals surface area (Å²) >= 11 is 0. The monoisotopic (exact) mass is 428 g/mol. The molecule has 2 aromatic rings. The summed E-state index contributed by atoms with van der Waals surface area (Å²) in [6.07, 6.45) is 27.0. The van der Waals surface area contributed by atoms with Gasteiger partial charge < -0.3 is 0 Å². The maximum Gasteiger partial charge on any atom is 0.0281 e. The average Bonchev–Trinajstić information content (AvgIpc) is 3.36. The highest BCUT2D eigenvalue weighted by molar-refractivity contribution is 5.60. The Balaban J connectivity index is 1.14. The molecule has 0 aromatic heterocycles. The van der Waals surface area contributed by atoms with Crippen LogP contribution in [0, 0.1) is 11.8 Å². The zero-order valence-electron chi connectivity index (χ0n) is 19.3. The Bertz CT molecular complexity index is 1220. The lowest BCUT2D eigenvalue weighted by molar-refractivity contribution is 0.456. The Morgan fingerprint density at radius 3 is 2.48 bits per heavy atom. The van der Waals surface area contributed by atoms with Gasteiger partial charge in [-0.1, -0.05) is 97.1 Å². The predicted molar refractivity (Wildman–Crippen MR) is 139 cm³/mol. The molecule has 0 saturated carbocycles. The predicted octanol–water partition coefficient (Wildman–Crippen LogP) is 7.83. The first-order valence-corrected chi connectivity index (χ1v) is 12.6. The molecule has 2 atom stereocenters. The van der Waals surface area contributed by atoms with Crippen molar-refractivity contribution in [2.24, 2.45) is 11.8 Å². The Labute approximate surface area is 198 Å². The summed E-state index contributed by atoms with van der Waals surface area (Å²) in [7, 11) is 0. The fourth-order valence-corrected chi connectivity index (χ4v) is 6.00. The molecule has 2 unspecified atom stereocenters. The molecule has 0 bridgehead atoms. The van der Waals surface area contributed by atoms with Gasteiger partial charge >= 0.3 is 0 Å². The molecule has 2 aromatic carbocycles. The van der Waals surface area contributed by atoms with Crippen LogP contribution in [0.5, 0.6) is 0 Å². The molecule has 4 aliphatic rings. The van der Waals surface area contributed by atoms with Crippen molar-refractivity contribution in [3.63, 3.8) is 0 Å². The molecule has 0 nitrogen and oxygen atoms in total. The van der Waals surface area contributed by atoms with Crippen LogP contribution in [0.1, 0.15) is 41.5 Å². The molecule has 6 rings (SSSR count). The number of hydrogen-bond donors (Lipinski definition) is 0. The number of allylic oxidation sites excluding steroid dienone is 12. The zero-order valence-corrected chi connectivity index (χ0v) is 19.3. The molecular weight excluding hydrogens is 396 g/mol. The fraction of sp³-hybridized carbons (Fsp3) is 0.273. The van der Waals surface area contributed by atoms with Gasteiger partial charge in [-0.2, -0.15) is 0 Å². The van der Waals surface area contributed by atoms with Crippen LogP contribution in [0.4, 0.5) is 0 Å². The summed E-state index contributed by atoms with van der Waals surface area (Å²) in [5.41, 5.74) is 11.8. The molecule has 0 heteroatoms. The third-order valence-corrected chi connectivity index (χ3v) is 7.80. The SMILES string of the molecule is C1=CC2C(C3=CCCC=C3)=CC=C(Cc3ccc(CC4CCc5ccccc5C4)cc3)C2=C1. The molecule has 0 fully saturated rings. The van der Waals surface area contributed by atoms with Crippen LogP contribution in [-0.4, -0.2) is 0 Å². The molecule has 164 valence electrons. The summed E-state index contributed by atoms with van der Waals surface area (Å²) < 4.78 is 0. The first-order valence-electron chi connectivity index (χ1n) is 12.6. The van der Waals surface area contributed by atoms with Crippen molar-refractivity contribution in [3.05, 3.63) is 142 Å². The molecule has 0 aliphatic heterocycles. The van der Waals surface area contributed by atoms with Crippen LogP contribution in [-0.2, 0) is 25.7 Å². The Morgan fingerprint density at radius 1 is 0.788 bits per heavy atom. The highest BCUT2D eigenvalue weighted by Gasteiger charge is 2.26. The van der Waals surface area contributed by atoms with Crippen molar-refractivity contribution in [3.8, 4) is 0 Å². The van der Waals surface area contributed by atoms with E-state index in [1.165, 1.54) is 65.5 Å². The van der Waals surface area contributed by atoms with Crippen molar-refractivity contribution in [1.82, 2.24) is 0 Å². The van der Waals surface area contributed by atoms with Gasteiger partial charge in [-0.3, -0.25) is 0 Å². The topological polar surface area (TPSA) is 0 Å². The van der Waals surface area contributed by atoms with E-state index in [9.17, 15) is 0 Å². The van der Waals surface area contributed by atoms with Crippen molar-refractivity contribution in [2.75, 3.05) is 0 Å². The van der Waals surface area contributed by atoms with Crippen molar-refractivity contribution in [2.45, 2.75) is 44.9 Å². The molecule has 0 saturated heterocycles. The first-order chi connectivity index (χ1) is 16.3. The molecular formula is C33H32. The smallest absolute Gasteiger partial charge is 0.0281 e. The van der Waals surface area contributed by atoms with E-state index in [4.69, 9.17) is 0 Å². The molecule has 0 radical (unpaired) electrons. The largest absolute Gasteiger partial charge is 0.0836 e. The van der Waals surface area contributed by atoms with Gasteiger partial charge in [0.2, 0.25) is 0 Å². The maximum atomic E-state index is 2.40. The summed E-state index contributed by atoms with van der Waals surface area (Å²) in [6, 6.07) is 18.5. The second kappa shape index (κ2) is 9.02. The normalized spacial score (nSPS) is 23.3. The fourth-order valence-electron chi connectivity index (χ4n) is 6.00. The number of rotatable bonds is 5. The number of fused-ring (bicyclic) bond motifs is 2. The van der Waals surface area contributed by atoms with Gasteiger partial charge in [0.25, 0.3) is 0 Å². The van der Waals surface area contributed by atoms with Crippen molar-refractivity contribution in [1.29, 1.82) is 0 Å². The van der Waals surface area contributed by atoms with Crippen molar-refractivity contribution >= 4 is 0 Å². The Morgan fingerprint density at radius 2 is 1.64 bits per heavy atom. The standard InChI is InChI=1S/C33H32/c1-2-8-28(9-3-1)32-20-19-30(31-11-6-12-33(31)32)22-25-15-13-24(14-16-25)21-26-17-18-27-7-4-5-10-29(27)23-26/h2,4-16,19-20,26,33H,1,3,17-18,21-23H2. The van der Waals surface area contributed by atoms with Gasteiger partial charge in [-0.05, 0) is 95.4 Å².